The summed E-state index contributed by atoms with van der Waals surface area (Å²) in [5.41, 5.74) is 2.63. The van der Waals surface area contributed by atoms with E-state index in [-0.39, 0.29) is 0 Å². The van der Waals surface area contributed by atoms with Crippen molar-refractivity contribution in [2.24, 2.45) is 5.92 Å². The maximum Gasteiger partial charge on any atom is 0.0428 e. The maximum atomic E-state index is 3.68. The second-order valence-electron chi connectivity index (χ2n) is 5.41. The Morgan fingerprint density at radius 3 is 2.63 bits per heavy atom. The molecule has 0 radical (unpaired) electrons. The van der Waals surface area contributed by atoms with Crippen LogP contribution in [0.4, 0.5) is 5.69 Å². The van der Waals surface area contributed by atoms with Crippen molar-refractivity contribution in [1.82, 2.24) is 0 Å². The van der Waals surface area contributed by atoms with Crippen LogP contribution in [0.25, 0.3) is 10.4 Å². The molecule has 1 aliphatic rings. The minimum atomic E-state index is 0.866. The normalized spacial score (nSPS) is 16.4. The Bertz CT molecular complexity index is 498. The number of hydrogen-bond donors (Lipinski definition) is 1. The van der Waals surface area contributed by atoms with Gasteiger partial charge in [-0.15, -0.1) is 11.3 Å². The highest BCUT2D eigenvalue weighted by Gasteiger charge is 2.13. The standard InChI is InChI=1S/C17H21NS/c1-2-7-14(8-3-1)13-18-16-10-5-4-9-15(16)17-11-6-12-19-17/h4-6,9-12,14,18H,1-3,7-8,13H2. The summed E-state index contributed by atoms with van der Waals surface area (Å²) in [5, 5.41) is 5.82. The monoisotopic (exact) mass is 271 g/mol. The van der Waals surface area contributed by atoms with E-state index in [9.17, 15) is 0 Å². The van der Waals surface area contributed by atoms with Gasteiger partial charge in [0.25, 0.3) is 0 Å². The fourth-order valence-electron chi connectivity index (χ4n) is 2.93. The molecule has 0 spiro atoms. The van der Waals surface area contributed by atoms with Gasteiger partial charge in [-0.25, -0.2) is 0 Å². The third-order valence-electron chi connectivity index (χ3n) is 4.02. The Hall–Kier alpha value is -1.28. The molecule has 0 bridgehead atoms. The summed E-state index contributed by atoms with van der Waals surface area (Å²) in [5.74, 6) is 0.866. The maximum absolute atomic E-state index is 3.68. The number of thiophene rings is 1. The van der Waals surface area contributed by atoms with Crippen LogP contribution in [-0.2, 0) is 0 Å². The molecule has 3 rings (SSSR count). The van der Waals surface area contributed by atoms with Crippen molar-refractivity contribution in [3.8, 4) is 10.4 Å². The van der Waals surface area contributed by atoms with Gasteiger partial charge in [-0.05, 0) is 36.3 Å². The van der Waals surface area contributed by atoms with Crippen LogP contribution in [0.3, 0.4) is 0 Å². The average molecular weight is 271 g/mol. The lowest BCUT2D eigenvalue weighted by atomic mass is 9.89. The Morgan fingerprint density at radius 2 is 1.84 bits per heavy atom. The molecule has 0 amide bonds. The van der Waals surface area contributed by atoms with Crippen LogP contribution in [0.2, 0.25) is 0 Å². The van der Waals surface area contributed by atoms with E-state index in [0.717, 1.165) is 12.5 Å². The molecule has 1 N–H and O–H groups in total. The fourth-order valence-corrected chi connectivity index (χ4v) is 3.70. The van der Waals surface area contributed by atoms with Gasteiger partial charge in [0.2, 0.25) is 0 Å². The van der Waals surface area contributed by atoms with E-state index in [2.05, 4.69) is 47.1 Å². The van der Waals surface area contributed by atoms with E-state index >= 15 is 0 Å². The predicted octanol–water partition coefficient (Wildman–Crippen LogP) is 5.41. The van der Waals surface area contributed by atoms with Crippen molar-refractivity contribution in [1.29, 1.82) is 0 Å². The number of rotatable bonds is 4. The van der Waals surface area contributed by atoms with E-state index in [1.165, 1.54) is 48.2 Å². The van der Waals surface area contributed by atoms with Crippen molar-refractivity contribution in [2.45, 2.75) is 32.1 Å². The highest BCUT2D eigenvalue weighted by Crippen LogP contribution is 2.32. The van der Waals surface area contributed by atoms with Crippen molar-refractivity contribution in [2.75, 3.05) is 11.9 Å². The molecular weight excluding hydrogens is 250 g/mol. The Balaban J connectivity index is 1.70. The molecule has 1 aromatic carbocycles. The minimum Gasteiger partial charge on any atom is -0.384 e. The van der Waals surface area contributed by atoms with E-state index in [0.29, 0.717) is 0 Å². The number of anilines is 1. The zero-order chi connectivity index (χ0) is 12.9. The summed E-state index contributed by atoms with van der Waals surface area (Å²) in [7, 11) is 0. The van der Waals surface area contributed by atoms with E-state index < -0.39 is 0 Å². The van der Waals surface area contributed by atoms with Crippen LogP contribution in [0.5, 0.6) is 0 Å². The van der Waals surface area contributed by atoms with Gasteiger partial charge >= 0.3 is 0 Å². The summed E-state index contributed by atoms with van der Waals surface area (Å²) < 4.78 is 0. The van der Waals surface area contributed by atoms with Crippen LogP contribution in [-0.4, -0.2) is 6.54 Å². The lowest BCUT2D eigenvalue weighted by Crippen LogP contribution is -2.17. The first-order chi connectivity index (χ1) is 9.43. The molecule has 1 heterocycles. The third-order valence-corrected chi connectivity index (χ3v) is 4.92. The summed E-state index contributed by atoms with van der Waals surface area (Å²) in [6.45, 7) is 1.13. The van der Waals surface area contributed by atoms with Gasteiger partial charge in [-0.1, -0.05) is 43.5 Å². The van der Waals surface area contributed by atoms with Gasteiger partial charge in [0.1, 0.15) is 0 Å². The summed E-state index contributed by atoms with van der Waals surface area (Å²) in [6, 6.07) is 13.0. The smallest absolute Gasteiger partial charge is 0.0428 e. The van der Waals surface area contributed by atoms with Crippen molar-refractivity contribution in [3.05, 3.63) is 41.8 Å². The lowest BCUT2D eigenvalue weighted by molar-refractivity contribution is 0.373. The van der Waals surface area contributed by atoms with Crippen LogP contribution < -0.4 is 5.32 Å². The van der Waals surface area contributed by atoms with Gasteiger partial charge < -0.3 is 5.32 Å². The van der Waals surface area contributed by atoms with Gasteiger partial charge in [0.05, 0.1) is 0 Å². The molecule has 100 valence electrons. The number of para-hydroxylation sites is 1. The van der Waals surface area contributed by atoms with Crippen LogP contribution in [0.15, 0.2) is 41.8 Å². The van der Waals surface area contributed by atoms with Gasteiger partial charge in [-0.2, -0.15) is 0 Å². The Kier molecular flexibility index (Phi) is 4.19. The molecule has 1 aromatic heterocycles. The minimum absolute atomic E-state index is 0.866. The van der Waals surface area contributed by atoms with E-state index in [4.69, 9.17) is 0 Å². The van der Waals surface area contributed by atoms with Crippen LogP contribution in [0.1, 0.15) is 32.1 Å². The SMILES string of the molecule is c1csc(-c2ccccc2NCC2CCCCC2)c1. The van der Waals surface area contributed by atoms with E-state index in [1.807, 2.05) is 11.3 Å². The second kappa shape index (κ2) is 6.25. The quantitative estimate of drug-likeness (QED) is 0.784. The largest absolute Gasteiger partial charge is 0.384 e. The first-order valence-corrected chi connectivity index (χ1v) is 8.18. The highest BCUT2D eigenvalue weighted by atomic mass is 32.1. The molecule has 0 atom stereocenters. The average Bonchev–Trinajstić information content (AvgIpc) is 3.01. The van der Waals surface area contributed by atoms with Crippen molar-refractivity contribution in [3.63, 3.8) is 0 Å². The van der Waals surface area contributed by atoms with Crippen molar-refractivity contribution < 1.29 is 0 Å². The molecule has 0 unspecified atom stereocenters. The van der Waals surface area contributed by atoms with Gasteiger partial charge in [-0.3, -0.25) is 0 Å². The van der Waals surface area contributed by atoms with Gasteiger partial charge in [0, 0.05) is 22.7 Å². The van der Waals surface area contributed by atoms with Crippen LogP contribution in [0, 0.1) is 5.92 Å². The molecule has 2 aromatic rings. The lowest BCUT2D eigenvalue weighted by Gasteiger charge is -2.23. The molecule has 19 heavy (non-hydrogen) atoms. The van der Waals surface area contributed by atoms with Crippen LogP contribution >= 0.6 is 11.3 Å². The van der Waals surface area contributed by atoms with Crippen molar-refractivity contribution >= 4 is 17.0 Å². The Labute approximate surface area is 119 Å². The van der Waals surface area contributed by atoms with E-state index in [1.54, 1.807) is 0 Å². The number of benzene rings is 1. The van der Waals surface area contributed by atoms with Gasteiger partial charge in [0.15, 0.2) is 0 Å². The Morgan fingerprint density at radius 1 is 1.00 bits per heavy atom. The topological polar surface area (TPSA) is 12.0 Å². The first kappa shape index (κ1) is 12.7. The number of nitrogens with one attached hydrogen (secondary N) is 1. The molecule has 1 aliphatic carbocycles. The zero-order valence-electron chi connectivity index (χ0n) is 11.3. The second-order valence-corrected chi connectivity index (χ2v) is 6.36. The molecule has 0 saturated heterocycles. The molecule has 0 aliphatic heterocycles. The molecule has 1 saturated carbocycles. The molecule has 1 fully saturated rings. The molecule has 1 nitrogen and oxygen atoms in total. The summed E-state index contributed by atoms with van der Waals surface area (Å²) >= 11 is 1.81. The molecule has 2 heteroatoms. The summed E-state index contributed by atoms with van der Waals surface area (Å²) in [6.07, 6.45) is 7.06. The fraction of sp³-hybridized carbons (Fsp3) is 0.412. The summed E-state index contributed by atoms with van der Waals surface area (Å²) in [4.78, 5) is 1.35. The predicted molar refractivity (Wildman–Crippen MR) is 84.8 cm³/mol. The zero-order valence-corrected chi connectivity index (χ0v) is 12.1. The molecular formula is C17H21NS. The first-order valence-electron chi connectivity index (χ1n) is 7.30. The third kappa shape index (κ3) is 3.19. The number of hydrogen-bond acceptors (Lipinski definition) is 2. The highest BCUT2D eigenvalue weighted by molar-refractivity contribution is 7.13.